The molecule has 4 heteroatoms. The van der Waals surface area contributed by atoms with Crippen molar-refractivity contribution in [1.82, 2.24) is 5.32 Å². The van der Waals surface area contributed by atoms with Gasteiger partial charge in [-0.2, -0.15) is 0 Å². The second-order valence-corrected chi connectivity index (χ2v) is 4.78. The van der Waals surface area contributed by atoms with Gasteiger partial charge in [-0.05, 0) is 18.6 Å². The Balaban J connectivity index is 1.95. The zero-order valence-electron chi connectivity index (χ0n) is 9.82. The summed E-state index contributed by atoms with van der Waals surface area (Å²) in [5, 5.41) is 2.96. The summed E-state index contributed by atoms with van der Waals surface area (Å²) in [6.45, 7) is 4.19. The molecular weight excluding hydrogens is 206 g/mol. The summed E-state index contributed by atoms with van der Waals surface area (Å²) in [6.07, 6.45) is 2.57. The van der Waals surface area contributed by atoms with E-state index in [-0.39, 0.29) is 23.5 Å². The number of carbonyl (C=O) groups is 1. The Morgan fingerprint density at radius 3 is 2.88 bits per heavy atom. The molecule has 0 spiro atoms. The molecule has 1 amide bonds. The number of amides is 1. The predicted octanol–water partition coefficient (Wildman–Crippen LogP) is 1.82. The van der Waals surface area contributed by atoms with E-state index in [1.165, 1.54) is 6.26 Å². The van der Waals surface area contributed by atoms with E-state index in [2.05, 4.69) is 19.2 Å². The van der Waals surface area contributed by atoms with Gasteiger partial charge in [0.2, 0.25) is 0 Å². The second kappa shape index (κ2) is 3.94. The molecule has 0 radical (unpaired) electrons. The second-order valence-electron chi connectivity index (χ2n) is 4.78. The maximum Gasteiger partial charge on any atom is 0.287 e. The highest BCUT2D eigenvalue weighted by Crippen LogP contribution is 2.42. The Labute approximate surface area is 95.0 Å². The predicted molar refractivity (Wildman–Crippen MR) is 59.2 cm³/mol. The normalized spacial score (nSPS) is 27.2. The van der Waals surface area contributed by atoms with Gasteiger partial charge in [-0.25, -0.2) is 0 Å². The summed E-state index contributed by atoms with van der Waals surface area (Å²) in [7, 11) is 1.71. The van der Waals surface area contributed by atoms with E-state index >= 15 is 0 Å². The first-order chi connectivity index (χ1) is 7.55. The van der Waals surface area contributed by atoms with Crippen molar-refractivity contribution in [1.29, 1.82) is 0 Å². The number of carbonyl (C=O) groups excluding carboxylic acids is 1. The molecule has 1 saturated carbocycles. The first kappa shape index (κ1) is 11.2. The molecule has 2 atom stereocenters. The number of ether oxygens (including phenoxy) is 1. The van der Waals surface area contributed by atoms with Crippen LogP contribution in [0.1, 0.15) is 30.8 Å². The van der Waals surface area contributed by atoms with Gasteiger partial charge in [0.05, 0.1) is 12.4 Å². The van der Waals surface area contributed by atoms with Gasteiger partial charge in [0.15, 0.2) is 5.76 Å². The third kappa shape index (κ3) is 1.73. The Kier molecular flexibility index (Phi) is 2.76. The van der Waals surface area contributed by atoms with Crippen LogP contribution in [0.4, 0.5) is 0 Å². The Morgan fingerprint density at radius 2 is 2.38 bits per heavy atom. The molecule has 2 unspecified atom stereocenters. The summed E-state index contributed by atoms with van der Waals surface area (Å²) in [4.78, 5) is 11.7. The van der Waals surface area contributed by atoms with Crippen molar-refractivity contribution in [3.05, 3.63) is 24.2 Å². The number of furan rings is 1. The molecule has 16 heavy (non-hydrogen) atoms. The zero-order valence-corrected chi connectivity index (χ0v) is 9.82. The summed E-state index contributed by atoms with van der Waals surface area (Å²) >= 11 is 0. The molecule has 1 aliphatic rings. The van der Waals surface area contributed by atoms with E-state index in [9.17, 15) is 4.79 Å². The van der Waals surface area contributed by atoms with Crippen molar-refractivity contribution in [3.8, 4) is 0 Å². The Bertz CT molecular complexity index is 370. The third-order valence-electron chi connectivity index (χ3n) is 3.51. The van der Waals surface area contributed by atoms with Crippen molar-refractivity contribution < 1.29 is 13.9 Å². The largest absolute Gasteiger partial charge is 0.459 e. The van der Waals surface area contributed by atoms with Crippen LogP contribution in [0, 0.1) is 5.41 Å². The first-order valence-electron chi connectivity index (χ1n) is 5.43. The molecule has 1 aliphatic carbocycles. The van der Waals surface area contributed by atoms with Crippen molar-refractivity contribution in [2.24, 2.45) is 5.41 Å². The van der Waals surface area contributed by atoms with Crippen molar-refractivity contribution in [3.63, 3.8) is 0 Å². The van der Waals surface area contributed by atoms with Crippen LogP contribution in [-0.4, -0.2) is 25.2 Å². The SMILES string of the molecule is COC1CC(NC(=O)c2ccco2)C1(C)C. The maximum atomic E-state index is 11.7. The molecule has 1 aromatic rings. The average Bonchev–Trinajstić information content (AvgIpc) is 2.76. The number of methoxy groups -OCH3 is 1. The van der Waals surface area contributed by atoms with Gasteiger partial charge in [-0.3, -0.25) is 4.79 Å². The molecule has 1 aromatic heterocycles. The summed E-state index contributed by atoms with van der Waals surface area (Å²) in [5.41, 5.74) is -0.0169. The molecule has 1 fully saturated rings. The lowest BCUT2D eigenvalue weighted by atomic mass is 9.64. The maximum absolute atomic E-state index is 11.7. The van der Waals surface area contributed by atoms with Crippen LogP contribution >= 0.6 is 0 Å². The van der Waals surface area contributed by atoms with Gasteiger partial charge in [-0.15, -0.1) is 0 Å². The van der Waals surface area contributed by atoms with Crippen LogP contribution in [0.15, 0.2) is 22.8 Å². The smallest absolute Gasteiger partial charge is 0.287 e. The van der Waals surface area contributed by atoms with Crippen LogP contribution in [0.2, 0.25) is 0 Å². The zero-order chi connectivity index (χ0) is 11.8. The molecule has 4 nitrogen and oxygen atoms in total. The highest BCUT2D eigenvalue weighted by Gasteiger charge is 2.49. The van der Waals surface area contributed by atoms with Crippen molar-refractivity contribution >= 4 is 5.91 Å². The highest BCUT2D eigenvalue weighted by molar-refractivity contribution is 5.91. The summed E-state index contributed by atoms with van der Waals surface area (Å²) in [5.74, 6) is 0.203. The highest BCUT2D eigenvalue weighted by atomic mass is 16.5. The quantitative estimate of drug-likeness (QED) is 0.850. The van der Waals surface area contributed by atoms with E-state index in [1.807, 2.05) is 0 Å². The molecule has 0 saturated heterocycles. The molecule has 0 aliphatic heterocycles. The molecule has 1 heterocycles. The molecular formula is C12H17NO3. The van der Waals surface area contributed by atoms with E-state index in [0.29, 0.717) is 5.76 Å². The van der Waals surface area contributed by atoms with Gasteiger partial charge < -0.3 is 14.5 Å². The van der Waals surface area contributed by atoms with Crippen LogP contribution in [-0.2, 0) is 4.74 Å². The fourth-order valence-corrected chi connectivity index (χ4v) is 2.17. The number of rotatable bonds is 3. The standard InChI is InChI=1S/C12H17NO3/c1-12(2)9(7-10(12)15-3)13-11(14)8-5-4-6-16-8/h4-6,9-10H,7H2,1-3H3,(H,13,14). The number of nitrogens with one attached hydrogen (secondary N) is 1. The third-order valence-corrected chi connectivity index (χ3v) is 3.51. The fraction of sp³-hybridized carbons (Fsp3) is 0.583. The van der Waals surface area contributed by atoms with Crippen LogP contribution in [0.25, 0.3) is 0 Å². The van der Waals surface area contributed by atoms with Gasteiger partial charge in [0.1, 0.15) is 0 Å². The Morgan fingerprint density at radius 1 is 1.62 bits per heavy atom. The topological polar surface area (TPSA) is 51.5 Å². The van der Waals surface area contributed by atoms with Gasteiger partial charge in [0.25, 0.3) is 5.91 Å². The van der Waals surface area contributed by atoms with E-state index in [0.717, 1.165) is 6.42 Å². The minimum absolute atomic E-state index is 0.0169. The Hall–Kier alpha value is -1.29. The molecule has 88 valence electrons. The lowest BCUT2D eigenvalue weighted by molar-refractivity contribution is -0.0943. The fourth-order valence-electron chi connectivity index (χ4n) is 2.17. The number of hydrogen-bond donors (Lipinski definition) is 1. The van der Waals surface area contributed by atoms with Gasteiger partial charge >= 0.3 is 0 Å². The summed E-state index contributed by atoms with van der Waals surface area (Å²) < 4.78 is 10.4. The molecule has 0 aromatic carbocycles. The van der Waals surface area contributed by atoms with Gasteiger partial charge in [-0.1, -0.05) is 13.8 Å². The van der Waals surface area contributed by atoms with E-state index in [1.54, 1.807) is 19.2 Å². The monoisotopic (exact) mass is 223 g/mol. The van der Waals surface area contributed by atoms with Gasteiger partial charge in [0, 0.05) is 18.6 Å². The van der Waals surface area contributed by atoms with Crippen molar-refractivity contribution in [2.75, 3.05) is 7.11 Å². The summed E-state index contributed by atoms with van der Waals surface area (Å²) in [6, 6.07) is 3.52. The average molecular weight is 223 g/mol. The van der Waals surface area contributed by atoms with Crippen LogP contribution in [0.3, 0.4) is 0 Å². The van der Waals surface area contributed by atoms with E-state index < -0.39 is 0 Å². The minimum atomic E-state index is -0.155. The van der Waals surface area contributed by atoms with Crippen LogP contribution < -0.4 is 5.32 Å². The first-order valence-corrected chi connectivity index (χ1v) is 5.43. The van der Waals surface area contributed by atoms with E-state index in [4.69, 9.17) is 9.15 Å². The number of hydrogen-bond acceptors (Lipinski definition) is 3. The van der Waals surface area contributed by atoms with Crippen molar-refractivity contribution in [2.45, 2.75) is 32.4 Å². The minimum Gasteiger partial charge on any atom is -0.459 e. The lowest BCUT2D eigenvalue weighted by Crippen LogP contribution is -2.61. The molecule has 1 N–H and O–H groups in total. The molecule has 2 rings (SSSR count). The molecule has 0 bridgehead atoms. The lowest BCUT2D eigenvalue weighted by Gasteiger charge is -2.51. The van der Waals surface area contributed by atoms with Crippen LogP contribution in [0.5, 0.6) is 0 Å².